The summed E-state index contributed by atoms with van der Waals surface area (Å²) in [6, 6.07) is 3.13. The van der Waals surface area contributed by atoms with Gasteiger partial charge in [0.05, 0.1) is 6.54 Å². The Labute approximate surface area is 159 Å². The van der Waals surface area contributed by atoms with Gasteiger partial charge in [-0.3, -0.25) is 9.69 Å². The Morgan fingerprint density at radius 1 is 1.04 bits per heavy atom. The van der Waals surface area contributed by atoms with Crippen molar-refractivity contribution in [3.63, 3.8) is 0 Å². The zero-order chi connectivity index (χ0) is 20.4. The lowest BCUT2D eigenvalue weighted by molar-refractivity contribution is -0.136. The summed E-state index contributed by atoms with van der Waals surface area (Å²) >= 11 is 0. The van der Waals surface area contributed by atoms with Gasteiger partial charge in [0.1, 0.15) is 11.6 Å². The molecule has 1 aromatic carbocycles. The van der Waals surface area contributed by atoms with Gasteiger partial charge in [0.15, 0.2) is 4.90 Å². The van der Waals surface area contributed by atoms with E-state index in [1.165, 1.54) is 0 Å². The fourth-order valence-electron chi connectivity index (χ4n) is 3.43. The van der Waals surface area contributed by atoms with Crippen LogP contribution in [-0.2, 0) is 14.8 Å². The van der Waals surface area contributed by atoms with Gasteiger partial charge in [0, 0.05) is 38.3 Å². The van der Waals surface area contributed by atoms with Crippen molar-refractivity contribution >= 4 is 15.9 Å². The van der Waals surface area contributed by atoms with Gasteiger partial charge >= 0.3 is 0 Å². The fourth-order valence-corrected chi connectivity index (χ4v) is 4.96. The van der Waals surface area contributed by atoms with E-state index in [2.05, 4.69) is 0 Å². The van der Waals surface area contributed by atoms with Crippen LogP contribution < -0.4 is 0 Å². The molecule has 152 valence electrons. The minimum atomic E-state index is -4.26. The first kappa shape index (κ1) is 21.7. The highest BCUT2D eigenvalue weighted by Gasteiger charge is 2.34. The van der Waals surface area contributed by atoms with Crippen LogP contribution in [0.25, 0.3) is 0 Å². The Bertz CT molecular complexity index is 748. The molecule has 1 amide bonds. The zero-order valence-electron chi connectivity index (χ0n) is 16.2. The van der Waals surface area contributed by atoms with Crippen molar-refractivity contribution in [1.82, 2.24) is 14.1 Å². The Hall–Kier alpha value is -1.58. The summed E-state index contributed by atoms with van der Waals surface area (Å²) in [7, 11) is -4.26. The summed E-state index contributed by atoms with van der Waals surface area (Å²) in [6.07, 6.45) is 0. The topological polar surface area (TPSA) is 60.9 Å². The normalized spacial score (nSPS) is 16.9. The number of rotatable bonds is 6. The predicted octanol–water partition coefficient (Wildman–Crippen LogP) is 1.92. The van der Waals surface area contributed by atoms with E-state index in [9.17, 15) is 22.0 Å². The molecule has 2 rings (SSSR count). The Balaban J connectivity index is 2.04. The van der Waals surface area contributed by atoms with Crippen molar-refractivity contribution in [1.29, 1.82) is 0 Å². The number of carbonyl (C=O) groups excluding carboxylic acids is 1. The smallest absolute Gasteiger partial charge is 0.249 e. The average molecular weight is 403 g/mol. The molecular formula is C18H27F2N3O3S. The molecule has 1 heterocycles. The lowest BCUT2D eigenvalue weighted by atomic mass is 10.2. The Morgan fingerprint density at radius 3 is 1.96 bits per heavy atom. The highest BCUT2D eigenvalue weighted by molar-refractivity contribution is 7.89. The maximum atomic E-state index is 13.9. The molecule has 9 heteroatoms. The van der Waals surface area contributed by atoms with Gasteiger partial charge in [-0.15, -0.1) is 0 Å². The van der Waals surface area contributed by atoms with Gasteiger partial charge in [0.25, 0.3) is 0 Å². The second-order valence-electron chi connectivity index (χ2n) is 7.22. The van der Waals surface area contributed by atoms with Crippen LogP contribution in [0.1, 0.15) is 27.7 Å². The Kier molecular flexibility index (Phi) is 6.93. The minimum absolute atomic E-state index is 0.0172. The second-order valence-corrected chi connectivity index (χ2v) is 9.09. The third-order valence-electron chi connectivity index (χ3n) is 4.61. The van der Waals surface area contributed by atoms with Crippen molar-refractivity contribution in [2.75, 3.05) is 32.7 Å². The number of piperazine rings is 1. The number of benzene rings is 1. The van der Waals surface area contributed by atoms with Gasteiger partial charge in [-0.05, 0) is 39.8 Å². The first-order chi connectivity index (χ1) is 12.6. The monoisotopic (exact) mass is 403 g/mol. The van der Waals surface area contributed by atoms with Crippen LogP contribution >= 0.6 is 0 Å². The molecule has 0 saturated carbocycles. The van der Waals surface area contributed by atoms with Gasteiger partial charge < -0.3 is 4.90 Å². The van der Waals surface area contributed by atoms with E-state index in [0.29, 0.717) is 13.1 Å². The van der Waals surface area contributed by atoms with Crippen molar-refractivity contribution in [2.24, 2.45) is 0 Å². The molecule has 1 aromatic rings. The molecule has 0 spiro atoms. The van der Waals surface area contributed by atoms with Crippen molar-refractivity contribution in [2.45, 2.75) is 44.7 Å². The molecule has 0 bridgehead atoms. The molecule has 0 unspecified atom stereocenters. The predicted molar refractivity (Wildman–Crippen MR) is 98.7 cm³/mol. The number of sulfonamides is 1. The molecule has 1 saturated heterocycles. The molecule has 1 fully saturated rings. The fraction of sp³-hybridized carbons (Fsp3) is 0.611. The highest BCUT2D eigenvalue weighted by Crippen LogP contribution is 2.23. The minimum Gasteiger partial charge on any atom is -0.337 e. The molecule has 0 aromatic heterocycles. The summed E-state index contributed by atoms with van der Waals surface area (Å²) in [5.74, 6) is -2.22. The molecule has 6 nitrogen and oxygen atoms in total. The van der Waals surface area contributed by atoms with Crippen LogP contribution in [0.15, 0.2) is 23.1 Å². The number of hydrogen-bond donors (Lipinski definition) is 0. The van der Waals surface area contributed by atoms with Crippen LogP contribution in [0.5, 0.6) is 0 Å². The number of hydrogen-bond acceptors (Lipinski definition) is 4. The maximum absolute atomic E-state index is 13.9. The summed E-state index contributed by atoms with van der Waals surface area (Å²) in [4.78, 5) is 15.3. The van der Waals surface area contributed by atoms with E-state index >= 15 is 0 Å². The molecule has 0 radical (unpaired) electrons. The lowest BCUT2D eigenvalue weighted by Crippen LogP contribution is -2.53. The average Bonchev–Trinajstić information content (AvgIpc) is 2.54. The summed E-state index contributed by atoms with van der Waals surface area (Å²) in [6.45, 7) is 8.79. The first-order valence-corrected chi connectivity index (χ1v) is 10.5. The van der Waals surface area contributed by atoms with Crippen LogP contribution in [0.4, 0.5) is 8.78 Å². The first-order valence-electron chi connectivity index (χ1n) is 9.03. The van der Waals surface area contributed by atoms with Crippen LogP contribution in [0, 0.1) is 11.6 Å². The standard InChI is InChI=1S/C18H27F2N3O3S/c1-13(2)23(14(3)4)17(24)12-21-8-10-22(11-9-21)27(25,26)18-15(19)6-5-7-16(18)20/h5-7,13-14H,8-12H2,1-4H3. The van der Waals surface area contributed by atoms with E-state index in [1.807, 2.05) is 32.6 Å². The quantitative estimate of drug-likeness (QED) is 0.728. The van der Waals surface area contributed by atoms with Gasteiger partial charge in [-0.1, -0.05) is 6.07 Å². The third kappa shape index (κ3) is 4.83. The maximum Gasteiger partial charge on any atom is 0.249 e. The largest absolute Gasteiger partial charge is 0.337 e. The van der Waals surface area contributed by atoms with Crippen molar-refractivity contribution in [3.05, 3.63) is 29.8 Å². The number of amides is 1. The molecule has 0 aliphatic carbocycles. The molecular weight excluding hydrogens is 376 g/mol. The van der Waals surface area contributed by atoms with Crippen LogP contribution in [0.3, 0.4) is 0 Å². The van der Waals surface area contributed by atoms with E-state index in [0.717, 1.165) is 22.5 Å². The van der Waals surface area contributed by atoms with Gasteiger partial charge in [-0.2, -0.15) is 4.31 Å². The van der Waals surface area contributed by atoms with E-state index < -0.39 is 26.6 Å². The second kappa shape index (κ2) is 8.62. The van der Waals surface area contributed by atoms with E-state index in [1.54, 1.807) is 4.90 Å². The summed E-state index contributed by atoms with van der Waals surface area (Å²) in [5, 5.41) is 0. The van der Waals surface area contributed by atoms with Crippen LogP contribution in [-0.4, -0.2) is 73.2 Å². The molecule has 1 aliphatic rings. The van der Waals surface area contributed by atoms with E-state index in [4.69, 9.17) is 0 Å². The third-order valence-corrected chi connectivity index (χ3v) is 6.56. The van der Waals surface area contributed by atoms with Gasteiger partial charge in [-0.25, -0.2) is 17.2 Å². The van der Waals surface area contributed by atoms with Crippen molar-refractivity contribution in [3.8, 4) is 0 Å². The molecule has 0 N–H and O–H groups in total. The highest BCUT2D eigenvalue weighted by atomic mass is 32.2. The molecule has 1 aliphatic heterocycles. The number of halogens is 2. The summed E-state index contributed by atoms with van der Waals surface area (Å²) < 4.78 is 54.0. The molecule has 0 atom stereocenters. The van der Waals surface area contributed by atoms with E-state index in [-0.39, 0.29) is 37.6 Å². The summed E-state index contributed by atoms with van der Waals surface area (Å²) in [5.41, 5.74) is 0. The molecule has 27 heavy (non-hydrogen) atoms. The Morgan fingerprint density at radius 2 is 1.52 bits per heavy atom. The number of carbonyl (C=O) groups is 1. The van der Waals surface area contributed by atoms with Gasteiger partial charge in [0.2, 0.25) is 15.9 Å². The zero-order valence-corrected chi connectivity index (χ0v) is 17.0. The van der Waals surface area contributed by atoms with Crippen molar-refractivity contribution < 1.29 is 22.0 Å². The number of nitrogens with zero attached hydrogens (tertiary/aromatic N) is 3. The lowest BCUT2D eigenvalue weighted by Gasteiger charge is -2.36. The SMILES string of the molecule is CC(C)N(C(=O)CN1CCN(S(=O)(=O)c2c(F)cccc2F)CC1)C(C)C. The van der Waals surface area contributed by atoms with Crippen LogP contribution in [0.2, 0.25) is 0 Å².